The highest BCUT2D eigenvalue weighted by Gasteiger charge is 2.15. The van der Waals surface area contributed by atoms with Crippen molar-refractivity contribution in [3.8, 4) is 0 Å². The van der Waals surface area contributed by atoms with Crippen LogP contribution in [0.3, 0.4) is 0 Å². The molecule has 0 spiro atoms. The molecule has 100 valence electrons. The van der Waals surface area contributed by atoms with Crippen LogP contribution in [0.2, 0.25) is 5.02 Å². The second-order valence-electron chi connectivity index (χ2n) is 4.20. The molecule has 0 aliphatic carbocycles. The molecule has 5 heteroatoms. The first-order valence-electron chi connectivity index (χ1n) is 5.88. The molecule has 0 bridgehead atoms. The average Bonchev–Trinajstić information content (AvgIpc) is 2.88. The number of anilines is 1. The van der Waals surface area contributed by atoms with Crippen molar-refractivity contribution in [3.05, 3.63) is 63.8 Å². The van der Waals surface area contributed by atoms with E-state index in [0.717, 1.165) is 5.39 Å². The first-order chi connectivity index (χ1) is 9.66. The van der Waals surface area contributed by atoms with Gasteiger partial charge in [0.1, 0.15) is 11.8 Å². The Labute approximate surface area is 128 Å². The lowest BCUT2D eigenvalue weighted by Crippen LogP contribution is -2.11. The molecule has 0 atom stereocenters. The maximum Gasteiger partial charge on any atom is 0.259 e. The van der Waals surface area contributed by atoms with Crippen LogP contribution >= 0.6 is 27.5 Å². The molecular formula is C15H9BrClNO2. The van der Waals surface area contributed by atoms with Gasteiger partial charge in [0.25, 0.3) is 5.91 Å². The molecule has 1 N–H and O–H groups in total. The van der Waals surface area contributed by atoms with E-state index in [-0.39, 0.29) is 5.91 Å². The summed E-state index contributed by atoms with van der Waals surface area (Å²) in [4.78, 5) is 12.3. The van der Waals surface area contributed by atoms with Gasteiger partial charge >= 0.3 is 0 Å². The Morgan fingerprint density at radius 3 is 2.80 bits per heavy atom. The quantitative estimate of drug-likeness (QED) is 0.698. The summed E-state index contributed by atoms with van der Waals surface area (Å²) >= 11 is 9.35. The van der Waals surface area contributed by atoms with Gasteiger partial charge in [0.2, 0.25) is 0 Å². The van der Waals surface area contributed by atoms with Crippen LogP contribution in [0.15, 0.2) is 57.6 Å². The number of hydrogen-bond acceptors (Lipinski definition) is 2. The molecule has 0 radical (unpaired) electrons. The van der Waals surface area contributed by atoms with E-state index in [1.807, 2.05) is 24.3 Å². The first kappa shape index (κ1) is 13.2. The number of carbonyl (C=O) groups is 1. The van der Waals surface area contributed by atoms with E-state index in [1.54, 1.807) is 18.2 Å². The lowest BCUT2D eigenvalue weighted by molar-refractivity contribution is 0.102. The van der Waals surface area contributed by atoms with E-state index in [2.05, 4.69) is 21.2 Å². The molecule has 3 rings (SSSR count). The van der Waals surface area contributed by atoms with Gasteiger partial charge in [-0.2, -0.15) is 0 Å². The zero-order valence-corrected chi connectivity index (χ0v) is 12.5. The van der Waals surface area contributed by atoms with Crippen LogP contribution in [0.1, 0.15) is 10.4 Å². The highest BCUT2D eigenvalue weighted by molar-refractivity contribution is 9.10. The molecule has 0 saturated heterocycles. The third-order valence-electron chi connectivity index (χ3n) is 2.93. The maximum atomic E-state index is 12.3. The summed E-state index contributed by atoms with van der Waals surface area (Å²) in [5, 5.41) is 4.14. The van der Waals surface area contributed by atoms with Gasteiger partial charge in [-0.05, 0) is 34.1 Å². The summed E-state index contributed by atoms with van der Waals surface area (Å²) in [5.41, 5.74) is 1.79. The Kier molecular flexibility index (Phi) is 3.51. The molecule has 0 aliphatic rings. The van der Waals surface area contributed by atoms with Crippen LogP contribution in [-0.4, -0.2) is 5.91 Å². The van der Waals surface area contributed by atoms with E-state index in [1.165, 1.54) is 6.26 Å². The number of para-hydroxylation sites is 1. The van der Waals surface area contributed by atoms with Crippen molar-refractivity contribution in [1.29, 1.82) is 0 Å². The Balaban J connectivity index is 1.95. The van der Waals surface area contributed by atoms with Gasteiger partial charge in [0, 0.05) is 5.39 Å². The van der Waals surface area contributed by atoms with Crippen molar-refractivity contribution in [2.24, 2.45) is 0 Å². The van der Waals surface area contributed by atoms with E-state index < -0.39 is 0 Å². The number of hydrogen-bond donors (Lipinski definition) is 1. The van der Waals surface area contributed by atoms with Crippen LogP contribution in [0.5, 0.6) is 0 Å². The molecule has 3 nitrogen and oxygen atoms in total. The molecule has 1 amide bonds. The Bertz CT molecular complexity index is 797. The van der Waals surface area contributed by atoms with Crippen molar-refractivity contribution in [3.63, 3.8) is 0 Å². The minimum absolute atomic E-state index is 0.238. The Morgan fingerprint density at radius 2 is 1.95 bits per heavy atom. The Hall–Kier alpha value is -1.78. The second-order valence-corrected chi connectivity index (χ2v) is 5.40. The predicted octanol–water partition coefficient (Wildman–Crippen LogP) is 5.10. The number of halogens is 2. The fourth-order valence-corrected chi connectivity index (χ4v) is 2.48. The highest BCUT2D eigenvalue weighted by Crippen LogP contribution is 2.31. The zero-order chi connectivity index (χ0) is 14.1. The number of benzene rings is 2. The van der Waals surface area contributed by atoms with Crippen LogP contribution < -0.4 is 5.32 Å². The molecule has 2 aromatic carbocycles. The minimum atomic E-state index is -0.238. The zero-order valence-electron chi connectivity index (χ0n) is 10.2. The topological polar surface area (TPSA) is 42.2 Å². The average molecular weight is 351 g/mol. The minimum Gasteiger partial charge on any atom is -0.463 e. The van der Waals surface area contributed by atoms with Crippen LogP contribution in [0.4, 0.5) is 5.69 Å². The van der Waals surface area contributed by atoms with Gasteiger partial charge in [-0.15, -0.1) is 0 Å². The summed E-state index contributed by atoms with van der Waals surface area (Å²) < 4.78 is 6.02. The summed E-state index contributed by atoms with van der Waals surface area (Å²) in [6.45, 7) is 0. The number of fused-ring (bicyclic) bond motifs is 1. The highest BCUT2D eigenvalue weighted by atomic mass is 79.9. The number of nitrogens with one attached hydrogen (secondary N) is 1. The largest absolute Gasteiger partial charge is 0.463 e. The summed E-state index contributed by atoms with van der Waals surface area (Å²) in [6, 6.07) is 12.7. The van der Waals surface area contributed by atoms with Gasteiger partial charge in [-0.3, -0.25) is 4.79 Å². The van der Waals surface area contributed by atoms with Crippen molar-refractivity contribution >= 4 is 50.1 Å². The molecular weight excluding hydrogens is 342 g/mol. The van der Waals surface area contributed by atoms with E-state index in [9.17, 15) is 4.79 Å². The lowest BCUT2D eigenvalue weighted by atomic mass is 10.1. The van der Waals surface area contributed by atoms with Gasteiger partial charge in [0.05, 0.1) is 20.7 Å². The number of rotatable bonds is 2. The fourth-order valence-electron chi connectivity index (χ4n) is 1.94. The second kappa shape index (κ2) is 5.31. The summed E-state index contributed by atoms with van der Waals surface area (Å²) in [5.74, 6) is -0.238. The van der Waals surface area contributed by atoms with Crippen molar-refractivity contribution in [2.45, 2.75) is 0 Å². The number of furan rings is 1. The molecule has 0 fully saturated rings. The third kappa shape index (κ3) is 2.32. The van der Waals surface area contributed by atoms with Crippen molar-refractivity contribution in [2.75, 3.05) is 5.32 Å². The van der Waals surface area contributed by atoms with E-state index >= 15 is 0 Å². The van der Waals surface area contributed by atoms with Crippen molar-refractivity contribution in [1.82, 2.24) is 0 Å². The van der Waals surface area contributed by atoms with Crippen LogP contribution in [0, 0.1) is 0 Å². The first-order valence-corrected chi connectivity index (χ1v) is 7.05. The fraction of sp³-hybridized carbons (Fsp3) is 0. The predicted molar refractivity (Wildman–Crippen MR) is 83.3 cm³/mol. The molecule has 0 saturated carbocycles. The van der Waals surface area contributed by atoms with Crippen LogP contribution in [0.25, 0.3) is 11.0 Å². The normalized spacial score (nSPS) is 10.7. The van der Waals surface area contributed by atoms with E-state index in [0.29, 0.717) is 26.3 Å². The molecule has 1 heterocycles. The van der Waals surface area contributed by atoms with Gasteiger partial charge in [-0.25, -0.2) is 0 Å². The standard InChI is InChI=1S/C15H9BrClNO2/c16-14-11(17)5-3-6-12(14)18-15(19)10-8-20-13-7-2-1-4-9(10)13/h1-8H,(H,18,19). The number of carbonyl (C=O) groups excluding carboxylic acids is 1. The molecule has 1 aromatic heterocycles. The monoisotopic (exact) mass is 349 g/mol. The summed E-state index contributed by atoms with van der Waals surface area (Å²) in [7, 11) is 0. The third-order valence-corrected chi connectivity index (χ3v) is 4.32. The lowest BCUT2D eigenvalue weighted by Gasteiger charge is -2.07. The SMILES string of the molecule is O=C(Nc1cccc(Cl)c1Br)c1coc2ccccc12. The van der Waals surface area contributed by atoms with E-state index in [4.69, 9.17) is 16.0 Å². The Morgan fingerprint density at radius 1 is 1.15 bits per heavy atom. The molecule has 3 aromatic rings. The van der Waals surface area contributed by atoms with Crippen molar-refractivity contribution < 1.29 is 9.21 Å². The van der Waals surface area contributed by atoms with Gasteiger partial charge in [-0.1, -0.05) is 35.9 Å². The molecule has 0 unspecified atom stereocenters. The maximum absolute atomic E-state index is 12.3. The molecule has 20 heavy (non-hydrogen) atoms. The van der Waals surface area contributed by atoms with Crippen LogP contribution in [-0.2, 0) is 0 Å². The smallest absolute Gasteiger partial charge is 0.259 e. The number of amides is 1. The molecule has 0 aliphatic heterocycles. The summed E-state index contributed by atoms with van der Waals surface area (Å²) in [6.07, 6.45) is 1.46. The van der Waals surface area contributed by atoms with Gasteiger partial charge in [0.15, 0.2) is 0 Å². The van der Waals surface area contributed by atoms with Gasteiger partial charge < -0.3 is 9.73 Å².